The molecule has 0 aliphatic rings. The first-order valence-electron chi connectivity index (χ1n) is 8.51. The van der Waals surface area contributed by atoms with E-state index in [4.69, 9.17) is 0 Å². The van der Waals surface area contributed by atoms with E-state index in [1.807, 2.05) is 36.4 Å². The molecule has 0 aliphatic carbocycles. The summed E-state index contributed by atoms with van der Waals surface area (Å²) in [5.74, 6) is -0.692. The van der Waals surface area contributed by atoms with Gasteiger partial charge in [0, 0.05) is 30.2 Å². The minimum Gasteiger partial charge on any atom is -0.469 e. The van der Waals surface area contributed by atoms with E-state index in [0.717, 1.165) is 11.3 Å². The number of nitrogens with one attached hydrogen (secondary N) is 1. The van der Waals surface area contributed by atoms with E-state index < -0.39 is 0 Å². The molecule has 27 heavy (non-hydrogen) atoms. The van der Waals surface area contributed by atoms with E-state index in [1.165, 1.54) is 7.11 Å². The number of hydrogen-bond donors (Lipinski definition) is 1. The Bertz CT molecular complexity index is 923. The number of ether oxygens (including phenoxy) is 1. The van der Waals surface area contributed by atoms with E-state index in [2.05, 4.69) is 20.1 Å². The molecule has 138 valence electrons. The molecule has 0 saturated carbocycles. The van der Waals surface area contributed by atoms with Crippen molar-refractivity contribution in [2.45, 2.75) is 19.4 Å². The Balaban J connectivity index is 1.94. The molecule has 0 radical (unpaired) electrons. The normalized spacial score (nSPS) is 11.6. The van der Waals surface area contributed by atoms with Gasteiger partial charge in [0.1, 0.15) is 5.69 Å². The third kappa shape index (κ3) is 4.38. The van der Waals surface area contributed by atoms with Gasteiger partial charge in [-0.1, -0.05) is 18.2 Å². The van der Waals surface area contributed by atoms with E-state index >= 15 is 0 Å². The van der Waals surface area contributed by atoms with Crippen LogP contribution in [0.5, 0.6) is 0 Å². The average Bonchev–Trinajstić information content (AvgIpc) is 3.15. The molecule has 7 heteroatoms. The summed E-state index contributed by atoms with van der Waals surface area (Å²) in [5.41, 5.74) is 2.50. The van der Waals surface area contributed by atoms with Crippen molar-refractivity contribution in [2.75, 3.05) is 7.11 Å². The van der Waals surface area contributed by atoms with Gasteiger partial charge in [0.15, 0.2) is 0 Å². The van der Waals surface area contributed by atoms with Crippen molar-refractivity contribution in [3.8, 4) is 16.9 Å². The van der Waals surface area contributed by atoms with E-state index in [-0.39, 0.29) is 24.3 Å². The molecule has 0 saturated heterocycles. The number of nitrogens with zero attached hydrogens (tertiary/aromatic N) is 3. The summed E-state index contributed by atoms with van der Waals surface area (Å²) >= 11 is 0. The van der Waals surface area contributed by atoms with Crippen LogP contribution in [0.2, 0.25) is 0 Å². The van der Waals surface area contributed by atoms with Crippen LogP contribution in [0.4, 0.5) is 0 Å². The van der Waals surface area contributed by atoms with Crippen LogP contribution in [-0.2, 0) is 9.53 Å². The van der Waals surface area contributed by atoms with Gasteiger partial charge in [-0.05, 0) is 31.2 Å². The fourth-order valence-corrected chi connectivity index (χ4v) is 2.66. The van der Waals surface area contributed by atoms with Crippen LogP contribution in [0.25, 0.3) is 16.9 Å². The highest BCUT2D eigenvalue weighted by molar-refractivity contribution is 6.00. The van der Waals surface area contributed by atoms with Crippen LogP contribution in [-0.4, -0.2) is 39.8 Å². The second-order valence-corrected chi connectivity index (χ2v) is 6.07. The van der Waals surface area contributed by atoms with Crippen LogP contribution < -0.4 is 5.32 Å². The lowest BCUT2D eigenvalue weighted by molar-refractivity contribution is -0.141. The Morgan fingerprint density at radius 3 is 2.63 bits per heavy atom. The minimum absolute atomic E-state index is 0.0945. The molecule has 1 atom stereocenters. The lowest BCUT2D eigenvalue weighted by Crippen LogP contribution is -2.34. The summed E-state index contributed by atoms with van der Waals surface area (Å²) < 4.78 is 6.30. The first kappa shape index (κ1) is 18.3. The molecule has 1 unspecified atom stereocenters. The average molecular weight is 364 g/mol. The van der Waals surface area contributed by atoms with Gasteiger partial charge in [-0.2, -0.15) is 5.10 Å². The topological polar surface area (TPSA) is 86.1 Å². The third-order valence-corrected chi connectivity index (χ3v) is 3.99. The Morgan fingerprint density at radius 2 is 1.96 bits per heavy atom. The standard InChI is InChI=1S/C20H20N4O3/c1-14(11-18(25)27-2)22-20(26)17-13-24(16-8-4-3-5-9-16)23-19(17)15-7-6-10-21-12-15/h3-10,12-14H,11H2,1-2H3,(H,22,26). The lowest BCUT2D eigenvalue weighted by Gasteiger charge is -2.12. The molecule has 1 N–H and O–H groups in total. The van der Waals surface area contributed by atoms with Gasteiger partial charge in [0.2, 0.25) is 0 Å². The zero-order valence-corrected chi connectivity index (χ0v) is 15.1. The van der Waals surface area contributed by atoms with Crippen molar-refractivity contribution in [2.24, 2.45) is 0 Å². The number of pyridine rings is 1. The maximum atomic E-state index is 12.8. The van der Waals surface area contributed by atoms with Crippen molar-refractivity contribution >= 4 is 11.9 Å². The van der Waals surface area contributed by atoms with Crippen molar-refractivity contribution in [3.05, 3.63) is 66.6 Å². The largest absolute Gasteiger partial charge is 0.469 e. The Labute approximate surface area is 157 Å². The summed E-state index contributed by atoms with van der Waals surface area (Å²) in [6.07, 6.45) is 5.09. The fraction of sp³-hybridized carbons (Fsp3) is 0.200. The van der Waals surface area contributed by atoms with Gasteiger partial charge in [-0.15, -0.1) is 0 Å². The molecular formula is C20H20N4O3. The Hall–Kier alpha value is -3.48. The molecule has 1 aromatic carbocycles. The van der Waals surface area contributed by atoms with E-state index in [1.54, 1.807) is 36.3 Å². The van der Waals surface area contributed by atoms with Crippen molar-refractivity contribution < 1.29 is 14.3 Å². The second kappa shape index (κ2) is 8.27. The van der Waals surface area contributed by atoms with Crippen LogP contribution in [0.15, 0.2) is 61.1 Å². The van der Waals surface area contributed by atoms with Gasteiger partial charge < -0.3 is 10.1 Å². The van der Waals surface area contributed by atoms with Gasteiger partial charge in [-0.3, -0.25) is 14.6 Å². The van der Waals surface area contributed by atoms with Gasteiger partial charge in [-0.25, -0.2) is 4.68 Å². The number of methoxy groups -OCH3 is 1. The molecule has 0 bridgehead atoms. The number of carbonyl (C=O) groups is 2. The van der Waals surface area contributed by atoms with Gasteiger partial charge in [0.25, 0.3) is 5.91 Å². The van der Waals surface area contributed by atoms with Crippen LogP contribution in [0.3, 0.4) is 0 Å². The molecule has 1 amide bonds. The second-order valence-electron chi connectivity index (χ2n) is 6.07. The summed E-state index contributed by atoms with van der Waals surface area (Å²) in [7, 11) is 1.32. The molecule has 3 aromatic rings. The fourth-order valence-electron chi connectivity index (χ4n) is 2.66. The zero-order valence-electron chi connectivity index (χ0n) is 15.1. The third-order valence-electron chi connectivity index (χ3n) is 3.99. The van der Waals surface area contributed by atoms with Crippen molar-refractivity contribution in [1.29, 1.82) is 0 Å². The number of hydrogen-bond acceptors (Lipinski definition) is 5. The number of rotatable bonds is 6. The number of carbonyl (C=O) groups excluding carboxylic acids is 2. The monoisotopic (exact) mass is 364 g/mol. The quantitative estimate of drug-likeness (QED) is 0.680. The van der Waals surface area contributed by atoms with Gasteiger partial charge >= 0.3 is 5.97 Å². The number of benzene rings is 1. The van der Waals surface area contributed by atoms with Crippen LogP contribution >= 0.6 is 0 Å². The predicted octanol–water partition coefficient (Wildman–Crippen LogP) is 2.62. The molecule has 2 aromatic heterocycles. The predicted molar refractivity (Wildman–Crippen MR) is 100 cm³/mol. The lowest BCUT2D eigenvalue weighted by atomic mass is 10.1. The van der Waals surface area contributed by atoms with Crippen molar-refractivity contribution in [3.63, 3.8) is 0 Å². The zero-order chi connectivity index (χ0) is 19.2. The molecule has 0 aliphatic heterocycles. The highest BCUT2D eigenvalue weighted by Gasteiger charge is 2.21. The number of esters is 1. The van der Waals surface area contributed by atoms with Crippen LogP contribution in [0, 0.1) is 0 Å². The maximum Gasteiger partial charge on any atom is 0.307 e. The highest BCUT2D eigenvalue weighted by Crippen LogP contribution is 2.23. The minimum atomic E-state index is -0.379. The first-order valence-corrected chi connectivity index (χ1v) is 8.51. The Morgan fingerprint density at radius 1 is 1.19 bits per heavy atom. The summed E-state index contributed by atoms with van der Waals surface area (Å²) in [6.45, 7) is 1.75. The molecule has 7 nitrogen and oxygen atoms in total. The number of amides is 1. The van der Waals surface area contributed by atoms with Crippen molar-refractivity contribution in [1.82, 2.24) is 20.1 Å². The molecule has 0 spiro atoms. The first-order chi connectivity index (χ1) is 13.1. The van der Waals surface area contributed by atoms with E-state index in [9.17, 15) is 9.59 Å². The van der Waals surface area contributed by atoms with E-state index in [0.29, 0.717) is 11.3 Å². The Kier molecular flexibility index (Phi) is 5.61. The maximum absolute atomic E-state index is 12.8. The summed E-state index contributed by atoms with van der Waals surface area (Å²) in [5, 5.41) is 7.40. The summed E-state index contributed by atoms with van der Waals surface area (Å²) in [6, 6.07) is 12.8. The van der Waals surface area contributed by atoms with Crippen LogP contribution in [0.1, 0.15) is 23.7 Å². The molecule has 2 heterocycles. The molecular weight excluding hydrogens is 344 g/mol. The van der Waals surface area contributed by atoms with Gasteiger partial charge in [0.05, 0.1) is 24.8 Å². The SMILES string of the molecule is COC(=O)CC(C)NC(=O)c1cn(-c2ccccc2)nc1-c1cccnc1. The number of aromatic nitrogens is 3. The summed E-state index contributed by atoms with van der Waals surface area (Å²) in [4.78, 5) is 28.4. The number of para-hydroxylation sites is 1. The molecule has 3 rings (SSSR count). The highest BCUT2D eigenvalue weighted by atomic mass is 16.5. The smallest absolute Gasteiger partial charge is 0.307 e. The molecule has 0 fully saturated rings.